The third-order valence-corrected chi connectivity index (χ3v) is 13.1. The number of nitrogens with one attached hydrogen (secondary N) is 4. The van der Waals surface area contributed by atoms with Gasteiger partial charge in [0.25, 0.3) is 0 Å². The maximum Gasteiger partial charge on any atom is 0.407 e. The molecule has 1 aromatic carbocycles. The van der Waals surface area contributed by atoms with Crippen molar-refractivity contribution in [2.45, 2.75) is 77.0 Å². The Hall–Kier alpha value is -5.36. The van der Waals surface area contributed by atoms with Gasteiger partial charge in [-0.15, -0.1) is 22.7 Å². The predicted octanol–water partition coefficient (Wildman–Crippen LogP) is 6.76. The van der Waals surface area contributed by atoms with E-state index in [-0.39, 0.29) is 29.8 Å². The largest absolute Gasteiger partial charge is 0.495 e. The first kappa shape index (κ1) is 39.9. The lowest BCUT2D eigenvalue weighted by molar-refractivity contribution is -0.135. The van der Waals surface area contributed by atoms with Crippen molar-refractivity contribution >= 4 is 66.8 Å². The number of ether oxygens (including phenoxy) is 4. The van der Waals surface area contributed by atoms with E-state index in [0.29, 0.717) is 31.2 Å². The van der Waals surface area contributed by atoms with Gasteiger partial charge in [0, 0.05) is 23.9 Å². The molecule has 4 atom stereocenters. The number of aromatic amines is 2. The highest BCUT2D eigenvalue weighted by atomic mass is 32.1. The number of hydrogen-bond donors (Lipinski definition) is 4. The van der Waals surface area contributed by atoms with Crippen LogP contribution in [-0.2, 0) is 19.1 Å². The zero-order valence-electron chi connectivity index (χ0n) is 33.0. The summed E-state index contributed by atoms with van der Waals surface area (Å²) < 4.78 is 23.5. The maximum absolute atomic E-state index is 13.7. The molecule has 4 amide bonds. The van der Waals surface area contributed by atoms with E-state index >= 15 is 0 Å². The molecule has 2 fully saturated rings. The standard InChI is InChI=1S/C39H48N8O8S2/c1-8-22(44-38(50)54-6)36(48)46-13-9-11-25(46)34-40-17-23(42-34)27-15-20-30(52-4)33-21(31(53-5)32(20)56-27)16-28(57-33)24-18-41-35(43-24)26-12-10-14-47(26)37(49)29(19(2)3)45-39(51)55-7/h15-19,22,25-26,29H,8-14H2,1-7H3,(H,40,42)(H,41,43)(H,44,50)(H,45,51). The van der Waals surface area contributed by atoms with Crippen LogP contribution in [0.25, 0.3) is 41.3 Å². The number of alkyl carbamates (subject to hydrolysis) is 2. The van der Waals surface area contributed by atoms with Crippen LogP contribution in [0.5, 0.6) is 11.5 Å². The molecule has 0 bridgehead atoms. The highest BCUT2D eigenvalue weighted by Gasteiger charge is 2.38. The van der Waals surface area contributed by atoms with E-state index in [9.17, 15) is 19.2 Å². The van der Waals surface area contributed by atoms with Crippen molar-refractivity contribution in [2.24, 2.45) is 5.92 Å². The quantitative estimate of drug-likeness (QED) is 0.105. The van der Waals surface area contributed by atoms with Gasteiger partial charge in [0.15, 0.2) is 0 Å². The van der Waals surface area contributed by atoms with Gasteiger partial charge in [-0.25, -0.2) is 19.6 Å². The first-order chi connectivity index (χ1) is 27.5. The van der Waals surface area contributed by atoms with Crippen LogP contribution in [-0.4, -0.2) is 107 Å². The summed E-state index contributed by atoms with van der Waals surface area (Å²) in [5.41, 5.74) is 1.62. The summed E-state index contributed by atoms with van der Waals surface area (Å²) in [6, 6.07) is 2.23. The smallest absolute Gasteiger partial charge is 0.407 e. The molecule has 4 N–H and O–H groups in total. The summed E-state index contributed by atoms with van der Waals surface area (Å²) in [5.74, 6) is 2.36. The normalized spacial score (nSPS) is 18.0. The van der Waals surface area contributed by atoms with Gasteiger partial charge in [0.1, 0.15) is 35.2 Å². The van der Waals surface area contributed by atoms with Crippen LogP contribution >= 0.6 is 22.7 Å². The van der Waals surface area contributed by atoms with E-state index in [1.165, 1.54) is 14.2 Å². The molecule has 7 rings (SSSR count). The number of fused-ring (bicyclic) bond motifs is 2. The van der Waals surface area contributed by atoms with Crippen molar-refractivity contribution < 1.29 is 38.1 Å². The van der Waals surface area contributed by atoms with E-state index in [1.54, 1.807) is 59.1 Å². The Morgan fingerprint density at radius 3 is 1.68 bits per heavy atom. The highest BCUT2D eigenvalue weighted by molar-refractivity contribution is 7.24. The van der Waals surface area contributed by atoms with Crippen LogP contribution in [0.15, 0.2) is 24.5 Å². The van der Waals surface area contributed by atoms with Crippen molar-refractivity contribution in [1.82, 2.24) is 40.4 Å². The number of amides is 4. The molecule has 2 aliphatic rings. The third kappa shape index (κ3) is 7.47. The van der Waals surface area contributed by atoms with E-state index in [1.807, 2.05) is 20.8 Å². The van der Waals surface area contributed by atoms with Crippen LogP contribution in [0, 0.1) is 5.92 Å². The van der Waals surface area contributed by atoms with Gasteiger partial charge in [-0.3, -0.25) is 9.59 Å². The molecule has 2 saturated heterocycles. The highest BCUT2D eigenvalue weighted by Crippen LogP contribution is 2.52. The van der Waals surface area contributed by atoms with E-state index in [0.717, 1.165) is 78.5 Å². The van der Waals surface area contributed by atoms with E-state index in [2.05, 4.69) is 32.7 Å². The van der Waals surface area contributed by atoms with Crippen molar-refractivity contribution in [3.8, 4) is 32.6 Å². The number of nitrogens with zero attached hydrogens (tertiary/aromatic N) is 4. The summed E-state index contributed by atoms with van der Waals surface area (Å²) in [6.07, 6.45) is 5.88. The van der Waals surface area contributed by atoms with E-state index < -0.39 is 24.3 Å². The molecule has 16 nitrogen and oxygen atoms in total. The fourth-order valence-electron chi connectivity index (χ4n) is 7.88. The molecule has 4 unspecified atom stereocenters. The Kier molecular flexibility index (Phi) is 11.6. The van der Waals surface area contributed by atoms with Gasteiger partial charge < -0.3 is 49.3 Å². The fourth-order valence-corrected chi connectivity index (χ4v) is 10.2. The number of hydrogen-bond acceptors (Lipinski definition) is 12. The minimum Gasteiger partial charge on any atom is -0.495 e. The average molecular weight is 821 g/mol. The van der Waals surface area contributed by atoms with Gasteiger partial charge in [-0.05, 0) is 50.2 Å². The Bertz CT molecular complexity index is 2240. The topological polar surface area (TPSA) is 193 Å². The molecule has 2 aliphatic heterocycles. The van der Waals surface area contributed by atoms with Crippen molar-refractivity contribution in [3.05, 3.63) is 36.2 Å². The van der Waals surface area contributed by atoms with Crippen LogP contribution in [0.3, 0.4) is 0 Å². The monoisotopic (exact) mass is 820 g/mol. The molecule has 18 heteroatoms. The van der Waals surface area contributed by atoms with Crippen LogP contribution in [0.1, 0.15) is 76.6 Å². The van der Waals surface area contributed by atoms with Gasteiger partial charge in [-0.1, -0.05) is 20.8 Å². The second-order valence-corrected chi connectivity index (χ2v) is 16.6. The van der Waals surface area contributed by atoms with Crippen LogP contribution in [0.4, 0.5) is 9.59 Å². The van der Waals surface area contributed by atoms with Crippen molar-refractivity contribution in [1.29, 1.82) is 0 Å². The molecule has 0 radical (unpaired) electrons. The third-order valence-electron chi connectivity index (χ3n) is 10.8. The molecule has 5 aromatic rings. The maximum atomic E-state index is 13.7. The fraction of sp³-hybridized carbons (Fsp3) is 0.487. The summed E-state index contributed by atoms with van der Waals surface area (Å²) in [4.78, 5) is 73.0. The zero-order valence-corrected chi connectivity index (χ0v) is 34.7. The number of carbonyl (C=O) groups is 4. The van der Waals surface area contributed by atoms with Crippen molar-refractivity contribution in [2.75, 3.05) is 41.5 Å². The summed E-state index contributed by atoms with van der Waals surface area (Å²) in [7, 11) is 5.89. The number of thiophene rings is 2. The number of imidazole rings is 2. The first-order valence-corrected chi connectivity index (χ1v) is 20.7. The van der Waals surface area contributed by atoms with Crippen LogP contribution in [0.2, 0.25) is 0 Å². The second kappa shape index (κ2) is 16.6. The summed E-state index contributed by atoms with van der Waals surface area (Å²) in [6.45, 7) is 6.77. The summed E-state index contributed by atoms with van der Waals surface area (Å²) >= 11 is 3.12. The predicted molar refractivity (Wildman–Crippen MR) is 217 cm³/mol. The summed E-state index contributed by atoms with van der Waals surface area (Å²) in [5, 5.41) is 7.15. The lowest BCUT2D eigenvalue weighted by atomic mass is 10.0. The second-order valence-electron chi connectivity index (χ2n) is 14.5. The Morgan fingerprint density at radius 1 is 0.772 bits per heavy atom. The number of likely N-dealkylation sites (tertiary alicyclic amines) is 2. The Labute approximate surface area is 337 Å². The van der Waals surface area contributed by atoms with Gasteiger partial charge in [0.05, 0.1) is 83.5 Å². The number of benzene rings is 1. The SMILES string of the molecule is CCC(NC(=O)OC)C(=O)N1CCCC1c1ncc(-c2cc3c(OC)c4sc(-c5cnc(C6CCCN6C(=O)C(NC(=O)OC)C(C)C)[nH]5)cc4c(OC)c3s2)[nH]1. The molecule has 0 saturated carbocycles. The molecule has 57 heavy (non-hydrogen) atoms. The number of carbonyl (C=O) groups excluding carboxylic acids is 4. The molecule has 304 valence electrons. The van der Waals surface area contributed by atoms with E-state index in [4.69, 9.17) is 28.9 Å². The first-order valence-electron chi connectivity index (χ1n) is 19.0. The molecule has 6 heterocycles. The lowest BCUT2D eigenvalue weighted by Crippen LogP contribution is -2.51. The number of methoxy groups -OCH3 is 4. The molecular formula is C39H48N8O8S2. The van der Waals surface area contributed by atoms with Gasteiger partial charge >= 0.3 is 12.2 Å². The molecule has 4 aromatic heterocycles. The Balaban J connectivity index is 1.16. The number of aromatic nitrogens is 4. The van der Waals surface area contributed by atoms with Crippen molar-refractivity contribution in [3.63, 3.8) is 0 Å². The minimum atomic E-state index is -0.718. The molecular weight excluding hydrogens is 773 g/mol. The average Bonchev–Trinajstić information content (AvgIpc) is 4.06. The minimum absolute atomic E-state index is 0.130. The van der Waals surface area contributed by atoms with Gasteiger partial charge in [-0.2, -0.15) is 0 Å². The number of H-pyrrole nitrogens is 2. The molecule has 0 aliphatic carbocycles. The lowest BCUT2D eigenvalue weighted by Gasteiger charge is -2.30. The zero-order chi connectivity index (χ0) is 40.5. The van der Waals surface area contributed by atoms with Gasteiger partial charge in [0.2, 0.25) is 11.8 Å². The number of rotatable bonds is 12. The molecule has 0 spiro atoms. The Morgan fingerprint density at radius 2 is 1.25 bits per heavy atom. The van der Waals surface area contributed by atoms with Crippen LogP contribution < -0.4 is 20.1 Å².